The lowest BCUT2D eigenvalue weighted by Gasteiger charge is -2.05. The van der Waals surface area contributed by atoms with Gasteiger partial charge in [-0.2, -0.15) is 0 Å². The summed E-state index contributed by atoms with van der Waals surface area (Å²) in [5.74, 6) is 0.862. The summed E-state index contributed by atoms with van der Waals surface area (Å²) in [4.78, 5) is 12.0. The monoisotopic (exact) mass is 282 g/mol. The molecule has 0 amide bonds. The number of carbonyl (C=O) groups is 1. The fourth-order valence-electron chi connectivity index (χ4n) is 2.01. The van der Waals surface area contributed by atoms with Crippen molar-refractivity contribution in [3.63, 3.8) is 0 Å². The standard InChI is InChI=1S/C15H26N2OS/c1-11(2)8-6-4-5-7-9-17-14-10-13(16)15(19-14)12(3)18/h10-11,17H,4-9,16H2,1-3H3. The van der Waals surface area contributed by atoms with Crippen molar-refractivity contribution in [2.24, 2.45) is 5.92 Å². The number of rotatable bonds is 9. The molecule has 3 N–H and O–H groups in total. The first-order valence-corrected chi connectivity index (χ1v) is 7.96. The third kappa shape index (κ3) is 6.10. The molecule has 0 spiro atoms. The highest BCUT2D eigenvalue weighted by molar-refractivity contribution is 7.18. The van der Waals surface area contributed by atoms with Crippen LogP contribution < -0.4 is 11.1 Å². The van der Waals surface area contributed by atoms with Gasteiger partial charge in [0.1, 0.15) is 0 Å². The molecule has 0 saturated heterocycles. The normalized spacial score (nSPS) is 10.9. The van der Waals surface area contributed by atoms with Crippen molar-refractivity contribution >= 4 is 27.8 Å². The Hall–Kier alpha value is -1.03. The summed E-state index contributed by atoms with van der Waals surface area (Å²) >= 11 is 1.45. The zero-order chi connectivity index (χ0) is 14.3. The molecule has 0 aliphatic rings. The fourth-order valence-corrected chi connectivity index (χ4v) is 2.91. The smallest absolute Gasteiger partial charge is 0.171 e. The Morgan fingerprint density at radius 2 is 2.00 bits per heavy atom. The zero-order valence-electron chi connectivity index (χ0n) is 12.3. The highest BCUT2D eigenvalue weighted by Crippen LogP contribution is 2.29. The molecule has 1 heterocycles. The van der Waals surface area contributed by atoms with Gasteiger partial charge in [0.2, 0.25) is 0 Å². The van der Waals surface area contributed by atoms with E-state index in [2.05, 4.69) is 19.2 Å². The molecule has 108 valence electrons. The molecule has 0 radical (unpaired) electrons. The summed E-state index contributed by atoms with van der Waals surface area (Å²) in [6.45, 7) is 7.06. The third-order valence-electron chi connectivity index (χ3n) is 3.09. The summed E-state index contributed by atoms with van der Waals surface area (Å²) in [6, 6.07) is 1.86. The van der Waals surface area contributed by atoms with E-state index in [1.165, 1.54) is 43.4 Å². The topological polar surface area (TPSA) is 55.1 Å². The van der Waals surface area contributed by atoms with Crippen molar-refractivity contribution in [3.05, 3.63) is 10.9 Å². The van der Waals surface area contributed by atoms with Gasteiger partial charge in [0.25, 0.3) is 0 Å². The maximum absolute atomic E-state index is 11.3. The highest BCUT2D eigenvalue weighted by atomic mass is 32.1. The maximum Gasteiger partial charge on any atom is 0.171 e. The van der Waals surface area contributed by atoms with Crippen molar-refractivity contribution in [3.8, 4) is 0 Å². The van der Waals surface area contributed by atoms with Gasteiger partial charge in [0.15, 0.2) is 5.78 Å². The Labute approximate surface area is 120 Å². The number of nitrogens with one attached hydrogen (secondary N) is 1. The first-order chi connectivity index (χ1) is 9.00. The number of carbonyl (C=O) groups excluding carboxylic acids is 1. The minimum Gasteiger partial charge on any atom is -0.397 e. The molecule has 0 aliphatic heterocycles. The summed E-state index contributed by atoms with van der Waals surface area (Å²) in [5, 5.41) is 4.35. The minimum absolute atomic E-state index is 0.0456. The van der Waals surface area contributed by atoms with Gasteiger partial charge in [-0.25, -0.2) is 0 Å². The third-order valence-corrected chi connectivity index (χ3v) is 4.30. The van der Waals surface area contributed by atoms with Crippen LogP contribution in [0.15, 0.2) is 6.07 Å². The van der Waals surface area contributed by atoms with E-state index in [9.17, 15) is 4.79 Å². The van der Waals surface area contributed by atoms with Crippen molar-refractivity contribution in [2.45, 2.75) is 52.9 Å². The van der Waals surface area contributed by atoms with E-state index in [4.69, 9.17) is 5.73 Å². The average Bonchev–Trinajstić information content (AvgIpc) is 2.69. The van der Waals surface area contributed by atoms with Gasteiger partial charge in [0, 0.05) is 13.5 Å². The lowest BCUT2D eigenvalue weighted by Crippen LogP contribution is -1.99. The number of hydrogen-bond donors (Lipinski definition) is 2. The van der Waals surface area contributed by atoms with Crippen molar-refractivity contribution in [1.82, 2.24) is 0 Å². The molecule has 19 heavy (non-hydrogen) atoms. The van der Waals surface area contributed by atoms with E-state index >= 15 is 0 Å². The van der Waals surface area contributed by atoms with Crippen LogP contribution in [0.25, 0.3) is 0 Å². The number of thiophene rings is 1. The molecule has 1 rings (SSSR count). The van der Waals surface area contributed by atoms with Crippen molar-refractivity contribution in [2.75, 3.05) is 17.6 Å². The second kappa shape index (κ2) is 8.20. The van der Waals surface area contributed by atoms with Gasteiger partial charge in [-0.15, -0.1) is 11.3 Å². The van der Waals surface area contributed by atoms with Crippen LogP contribution in [0.1, 0.15) is 62.5 Å². The van der Waals surface area contributed by atoms with Gasteiger partial charge >= 0.3 is 0 Å². The predicted octanol–water partition coefficient (Wildman–Crippen LogP) is 4.55. The van der Waals surface area contributed by atoms with Gasteiger partial charge in [-0.1, -0.05) is 39.5 Å². The first kappa shape index (κ1) is 16.0. The van der Waals surface area contributed by atoms with Crippen molar-refractivity contribution in [1.29, 1.82) is 0 Å². The molecule has 3 nitrogen and oxygen atoms in total. The number of nitrogens with two attached hydrogens (primary N) is 1. The Kier molecular flexibility index (Phi) is 6.92. The van der Waals surface area contributed by atoms with E-state index in [0.29, 0.717) is 10.6 Å². The van der Waals surface area contributed by atoms with Crippen LogP contribution in [-0.2, 0) is 0 Å². The quantitative estimate of drug-likeness (QED) is 0.516. The van der Waals surface area contributed by atoms with E-state index in [0.717, 1.165) is 17.5 Å². The molecule has 0 fully saturated rings. The fraction of sp³-hybridized carbons (Fsp3) is 0.667. The molecule has 0 aromatic carbocycles. The SMILES string of the molecule is CC(=O)c1sc(NCCCCCCC(C)C)cc1N. The van der Waals surface area contributed by atoms with E-state index in [-0.39, 0.29) is 5.78 Å². The summed E-state index contributed by atoms with van der Waals surface area (Å²) in [7, 11) is 0. The predicted molar refractivity (Wildman–Crippen MR) is 85.1 cm³/mol. The molecule has 0 saturated carbocycles. The Morgan fingerprint density at radius 1 is 1.32 bits per heavy atom. The number of Topliss-reactive ketones (excluding diaryl/α,β-unsaturated/α-hetero) is 1. The number of ketones is 1. The van der Waals surface area contributed by atoms with Crippen LogP contribution in [0.2, 0.25) is 0 Å². The Balaban J connectivity index is 2.16. The second-order valence-corrected chi connectivity index (χ2v) is 6.53. The number of unbranched alkanes of at least 4 members (excludes halogenated alkanes) is 3. The van der Waals surface area contributed by atoms with Crippen LogP contribution in [0.3, 0.4) is 0 Å². The molecule has 4 heteroatoms. The van der Waals surface area contributed by atoms with Gasteiger partial charge in [-0.3, -0.25) is 4.79 Å². The minimum atomic E-state index is 0.0456. The van der Waals surface area contributed by atoms with Crippen LogP contribution in [0.4, 0.5) is 10.7 Å². The lowest BCUT2D eigenvalue weighted by molar-refractivity contribution is 0.102. The van der Waals surface area contributed by atoms with Gasteiger partial charge < -0.3 is 11.1 Å². The largest absolute Gasteiger partial charge is 0.397 e. The molecule has 0 bridgehead atoms. The first-order valence-electron chi connectivity index (χ1n) is 7.14. The van der Waals surface area contributed by atoms with Gasteiger partial charge in [-0.05, 0) is 18.4 Å². The molecule has 0 atom stereocenters. The van der Waals surface area contributed by atoms with Crippen molar-refractivity contribution < 1.29 is 4.79 Å². The molecular weight excluding hydrogens is 256 g/mol. The van der Waals surface area contributed by atoms with Crippen LogP contribution in [0.5, 0.6) is 0 Å². The molecular formula is C15H26N2OS. The Bertz CT molecular complexity index is 399. The zero-order valence-corrected chi connectivity index (χ0v) is 13.1. The van der Waals surface area contributed by atoms with Crippen LogP contribution >= 0.6 is 11.3 Å². The number of nitrogen functional groups attached to an aromatic ring is 1. The highest BCUT2D eigenvalue weighted by Gasteiger charge is 2.09. The lowest BCUT2D eigenvalue weighted by atomic mass is 10.0. The Morgan fingerprint density at radius 3 is 2.58 bits per heavy atom. The summed E-state index contributed by atoms with van der Waals surface area (Å²) in [6.07, 6.45) is 6.41. The van der Waals surface area contributed by atoms with E-state index < -0.39 is 0 Å². The average molecular weight is 282 g/mol. The number of hydrogen-bond acceptors (Lipinski definition) is 4. The van der Waals surface area contributed by atoms with Gasteiger partial charge in [0.05, 0.1) is 15.6 Å². The summed E-state index contributed by atoms with van der Waals surface area (Å²) in [5.41, 5.74) is 6.38. The van der Waals surface area contributed by atoms with Crippen LogP contribution in [-0.4, -0.2) is 12.3 Å². The molecule has 0 unspecified atom stereocenters. The van der Waals surface area contributed by atoms with Crippen LogP contribution in [0, 0.1) is 5.92 Å². The summed E-state index contributed by atoms with van der Waals surface area (Å²) < 4.78 is 0. The second-order valence-electron chi connectivity index (χ2n) is 5.47. The molecule has 1 aromatic rings. The molecule has 1 aromatic heterocycles. The maximum atomic E-state index is 11.3. The number of anilines is 2. The van der Waals surface area contributed by atoms with E-state index in [1.54, 1.807) is 6.92 Å². The molecule has 0 aliphatic carbocycles. The van der Waals surface area contributed by atoms with E-state index in [1.807, 2.05) is 6.07 Å².